The Labute approximate surface area is 152 Å². The SMILES string of the molecule is Cc1nc2ccc(Cl)cc2cc1C(=O)NNc1cccc(C(F)(F)F)c1. The Morgan fingerprint density at radius 1 is 1.12 bits per heavy atom. The number of aromatic nitrogens is 1. The number of pyridine rings is 1. The first-order chi connectivity index (χ1) is 12.2. The average Bonchev–Trinajstić information content (AvgIpc) is 2.59. The predicted molar refractivity (Wildman–Crippen MR) is 94.0 cm³/mol. The molecule has 4 nitrogen and oxygen atoms in total. The Bertz CT molecular complexity index is 989. The molecule has 0 spiro atoms. The van der Waals surface area contributed by atoms with Gasteiger partial charge < -0.3 is 0 Å². The van der Waals surface area contributed by atoms with Gasteiger partial charge in [-0.3, -0.25) is 20.6 Å². The molecule has 1 aromatic heterocycles. The van der Waals surface area contributed by atoms with Crippen LogP contribution < -0.4 is 10.9 Å². The predicted octanol–water partition coefficient (Wildman–Crippen LogP) is 4.97. The molecule has 0 fully saturated rings. The summed E-state index contributed by atoms with van der Waals surface area (Å²) in [7, 11) is 0. The molecule has 1 amide bonds. The third-order valence-corrected chi connectivity index (χ3v) is 3.96. The molecule has 3 aromatic rings. The first-order valence-electron chi connectivity index (χ1n) is 7.54. The number of amides is 1. The zero-order chi connectivity index (χ0) is 18.9. The highest BCUT2D eigenvalue weighted by Crippen LogP contribution is 2.30. The van der Waals surface area contributed by atoms with Crippen LogP contribution in [0.3, 0.4) is 0 Å². The molecular formula is C18H13ClF3N3O. The normalized spacial score (nSPS) is 11.4. The minimum Gasteiger partial charge on any atom is -0.298 e. The van der Waals surface area contributed by atoms with Crippen molar-refractivity contribution < 1.29 is 18.0 Å². The molecule has 0 aliphatic heterocycles. The number of carbonyl (C=O) groups excluding carboxylic acids is 1. The zero-order valence-electron chi connectivity index (χ0n) is 13.5. The van der Waals surface area contributed by atoms with Gasteiger partial charge in [0.25, 0.3) is 5.91 Å². The highest BCUT2D eigenvalue weighted by molar-refractivity contribution is 6.31. The molecule has 0 aliphatic carbocycles. The Kier molecular flexibility index (Phi) is 4.73. The largest absolute Gasteiger partial charge is 0.416 e. The van der Waals surface area contributed by atoms with Crippen molar-refractivity contribution in [3.05, 3.63) is 70.4 Å². The van der Waals surface area contributed by atoms with Crippen molar-refractivity contribution in [1.82, 2.24) is 10.4 Å². The van der Waals surface area contributed by atoms with Crippen molar-refractivity contribution in [2.75, 3.05) is 5.43 Å². The van der Waals surface area contributed by atoms with E-state index in [2.05, 4.69) is 15.8 Å². The molecule has 0 radical (unpaired) electrons. The second-order valence-corrected chi connectivity index (χ2v) is 6.05. The van der Waals surface area contributed by atoms with Crippen molar-refractivity contribution in [2.24, 2.45) is 0 Å². The van der Waals surface area contributed by atoms with E-state index < -0.39 is 17.6 Å². The second-order valence-electron chi connectivity index (χ2n) is 5.62. The maximum atomic E-state index is 12.7. The van der Waals surface area contributed by atoms with Crippen LogP contribution in [-0.2, 0) is 6.18 Å². The molecule has 0 saturated heterocycles. The molecule has 134 valence electrons. The monoisotopic (exact) mass is 379 g/mol. The van der Waals surface area contributed by atoms with Gasteiger partial charge in [-0.25, -0.2) is 0 Å². The zero-order valence-corrected chi connectivity index (χ0v) is 14.2. The number of fused-ring (bicyclic) bond motifs is 1. The molecule has 0 atom stereocenters. The Balaban J connectivity index is 1.80. The lowest BCUT2D eigenvalue weighted by atomic mass is 10.1. The molecule has 8 heteroatoms. The van der Waals surface area contributed by atoms with Crippen molar-refractivity contribution >= 4 is 34.1 Å². The Morgan fingerprint density at radius 2 is 1.88 bits per heavy atom. The number of nitrogens with zero attached hydrogens (tertiary/aromatic N) is 1. The maximum absolute atomic E-state index is 12.7. The number of alkyl halides is 3. The highest BCUT2D eigenvalue weighted by Gasteiger charge is 2.30. The van der Waals surface area contributed by atoms with Gasteiger partial charge in [0.1, 0.15) is 0 Å². The van der Waals surface area contributed by atoms with E-state index in [0.29, 0.717) is 27.2 Å². The number of aryl methyl sites for hydroxylation is 1. The van der Waals surface area contributed by atoms with E-state index in [1.807, 2.05) is 0 Å². The van der Waals surface area contributed by atoms with Crippen molar-refractivity contribution in [1.29, 1.82) is 0 Å². The summed E-state index contributed by atoms with van der Waals surface area (Å²) in [6, 6.07) is 11.3. The van der Waals surface area contributed by atoms with Gasteiger partial charge in [0.05, 0.1) is 28.0 Å². The molecule has 0 saturated carbocycles. The third-order valence-electron chi connectivity index (χ3n) is 3.72. The lowest BCUT2D eigenvalue weighted by molar-refractivity contribution is -0.137. The van der Waals surface area contributed by atoms with Crippen molar-refractivity contribution in [3.8, 4) is 0 Å². The number of carbonyl (C=O) groups is 1. The van der Waals surface area contributed by atoms with E-state index in [9.17, 15) is 18.0 Å². The number of halogens is 4. The van der Waals surface area contributed by atoms with Gasteiger partial charge in [-0.15, -0.1) is 0 Å². The fourth-order valence-corrected chi connectivity index (χ4v) is 2.62. The summed E-state index contributed by atoms with van der Waals surface area (Å²) in [4.78, 5) is 16.7. The van der Waals surface area contributed by atoms with Crippen LogP contribution in [0.5, 0.6) is 0 Å². The van der Waals surface area contributed by atoms with Crippen molar-refractivity contribution in [2.45, 2.75) is 13.1 Å². The summed E-state index contributed by atoms with van der Waals surface area (Å²) in [5.74, 6) is -0.519. The van der Waals surface area contributed by atoms with E-state index in [1.165, 1.54) is 12.1 Å². The number of anilines is 1. The minimum atomic E-state index is -4.46. The van der Waals surface area contributed by atoms with E-state index in [-0.39, 0.29) is 5.69 Å². The second kappa shape index (κ2) is 6.84. The van der Waals surface area contributed by atoms with Gasteiger partial charge in [0, 0.05) is 10.4 Å². The van der Waals surface area contributed by atoms with E-state index in [1.54, 1.807) is 31.2 Å². The Hall–Kier alpha value is -2.80. The van der Waals surface area contributed by atoms with Gasteiger partial charge in [-0.1, -0.05) is 17.7 Å². The number of hydrazine groups is 1. The molecule has 2 N–H and O–H groups in total. The molecular weight excluding hydrogens is 367 g/mol. The van der Waals surface area contributed by atoms with Crippen LogP contribution in [0.1, 0.15) is 21.6 Å². The van der Waals surface area contributed by atoms with Crippen LogP contribution >= 0.6 is 11.6 Å². The summed E-state index contributed by atoms with van der Waals surface area (Å²) >= 11 is 5.95. The standard InChI is InChI=1S/C18H13ClF3N3O/c1-10-15(8-11-7-13(19)5-6-16(11)23-10)17(26)25-24-14-4-2-3-12(9-14)18(20,21)22/h2-9,24H,1H3,(H,25,26). The summed E-state index contributed by atoms with van der Waals surface area (Å²) in [6.07, 6.45) is -4.46. The minimum absolute atomic E-state index is 0.114. The molecule has 1 heterocycles. The fourth-order valence-electron chi connectivity index (χ4n) is 2.44. The topological polar surface area (TPSA) is 54.0 Å². The lowest BCUT2D eigenvalue weighted by Crippen LogP contribution is -2.30. The number of rotatable bonds is 3. The Morgan fingerprint density at radius 3 is 2.62 bits per heavy atom. The summed E-state index contributed by atoms with van der Waals surface area (Å²) in [5.41, 5.74) is 5.65. The molecule has 3 rings (SSSR count). The van der Waals surface area contributed by atoms with Crippen LogP contribution in [0, 0.1) is 6.92 Å². The number of hydrogen-bond acceptors (Lipinski definition) is 3. The molecule has 0 aliphatic rings. The first kappa shape index (κ1) is 18.0. The highest BCUT2D eigenvalue weighted by atomic mass is 35.5. The van der Waals surface area contributed by atoms with Gasteiger partial charge in [-0.05, 0) is 49.4 Å². The van der Waals surface area contributed by atoms with E-state index in [0.717, 1.165) is 12.1 Å². The molecule has 0 bridgehead atoms. The fraction of sp³-hybridized carbons (Fsp3) is 0.111. The maximum Gasteiger partial charge on any atom is 0.416 e. The summed E-state index contributed by atoms with van der Waals surface area (Å²) < 4.78 is 38.2. The van der Waals surface area contributed by atoms with Crippen LogP contribution in [0.25, 0.3) is 10.9 Å². The number of hydrogen-bond donors (Lipinski definition) is 2. The van der Waals surface area contributed by atoms with Crippen LogP contribution in [0.15, 0.2) is 48.5 Å². The molecule has 0 unspecified atom stereocenters. The van der Waals surface area contributed by atoms with Gasteiger partial charge in [0.2, 0.25) is 0 Å². The van der Waals surface area contributed by atoms with Crippen molar-refractivity contribution in [3.63, 3.8) is 0 Å². The van der Waals surface area contributed by atoms with Crippen LogP contribution in [0.4, 0.5) is 18.9 Å². The van der Waals surface area contributed by atoms with Gasteiger partial charge in [0.15, 0.2) is 0 Å². The number of benzene rings is 2. The van der Waals surface area contributed by atoms with E-state index in [4.69, 9.17) is 11.6 Å². The van der Waals surface area contributed by atoms with Gasteiger partial charge >= 0.3 is 6.18 Å². The first-order valence-corrected chi connectivity index (χ1v) is 7.92. The lowest BCUT2D eigenvalue weighted by Gasteiger charge is -2.12. The van der Waals surface area contributed by atoms with Crippen LogP contribution in [0.2, 0.25) is 5.02 Å². The average molecular weight is 380 g/mol. The third kappa shape index (κ3) is 3.88. The molecule has 2 aromatic carbocycles. The van der Waals surface area contributed by atoms with Crippen LogP contribution in [-0.4, -0.2) is 10.9 Å². The number of nitrogens with one attached hydrogen (secondary N) is 2. The summed E-state index contributed by atoms with van der Waals surface area (Å²) in [6.45, 7) is 1.67. The molecule has 26 heavy (non-hydrogen) atoms. The quantitative estimate of drug-likeness (QED) is 0.631. The summed E-state index contributed by atoms with van der Waals surface area (Å²) in [5, 5.41) is 1.20. The van der Waals surface area contributed by atoms with Gasteiger partial charge in [-0.2, -0.15) is 13.2 Å². The van der Waals surface area contributed by atoms with E-state index >= 15 is 0 Å². The smallest absolute Gasteiger partial charge is 0.298 e.